The molecule has 462 valence electrons. The lowest BCUT2D eigenvalue weighted by Crippen LogP contribution is -3.00. The van der Waals surface area contributed by atoms with Crippen molar-refractivity contribution >= 4 is 35.8 Å². The molecule has 0 aromatic rings. The van der Waals surface area contributed by atoms with Gasteiger partial charge < -0.3 is 72.4 Å². The third-order valence-corrected chi connectivity index (χ3v) is 12.9. The molecular formula is C60H114Cl2N2O14. The van der Waals surface area contributed by atoms with E-state index < -0.39 is 24.4 Å². The van der Waals surface area contributed by atoms with Crippen molar-refractivity contribution in [1.29, 1.82) is 0 Å². The molecule has 0 aliphatic carbocycles. The van der Waals surface area contributed by atoms with E-state index >= 15 is 0 Å². The fraction of sp³-hybridized carbons (Fsp3) is 0.833. The van der Waals surface area contributed by atoms with Crippen molar-refractivity contribution in [2.75, 3.05) is 80.8 Å². The molecule has 0 aliphatic heterocycles. The normalized spacial score (nSPS) is 12.9. The van der Waals surface area contributed by atoms with Crippen LogP contribution in [0.2, 0.25) is 0 Å². The summed E-state index contributed by atoms with van der Waals surface area (Å²) in [5.74, 6) is -1.75. The van der Waals surface area contributed by atoms with Gasteiger partial charge in [0.2, 0.25) is 0 Å². The Morgan fingerprint density at radius 2 is 0.756 bits per heavy atom. The van der Waals surface area contributed by atoms with Crippen molar-refractivity contribution in [2.45, 2.75) is 247 Å². The van der Waals surface area contributed by atoms with Crippen molar-refractivity contribution in [2.24, 2.45) is 0 Å². The van der Waals surface area contributed by atoms with Crippen LogP contribution in [-0.4, -0.2) is 160 Å². The highest BCUT2D eigenvalue weighted by Gasteiger charge is 2.29. The van der Waals surface area contributed by atoms with Gasteiger partial charge in [0.15, 0.2) is 13.1 Å². The summed E-state index contributed by atoms with van der Waals surface area (Å²) >= 11 is 0. The van der Waals surface area contributed by atoms with E-state index in [0.717, 1.165) is 141 Å². The van der Waals surface area contributed by atoms with E-state index in [1.807, 2.05) is 40.3 Å². The summed E-state index contributed by atoms with van der Waals surface area (Å²) < 4.78 is 33.0. The van der Waals surface area contributed by atoms with E-state index in [2.05, 4.69) is 26.0 Å². The van der Waals surface area contributed by atoms with Crippen molar-refractivity contribution in [3.63, 3.8) is 0 Å². The minimum absolute atomic E-state index is 0. The quantitative estimate of drug-likeness (QED) is 0.0263. The molecule has 16 nitrogen and oxygen atoms in total. The highest BCUT2D eigenvalue weighted by atomic mass is 35.5. The molecular weight excluding hydrogens is 1040 g/mol. The van der Waals surface area contributed by atoms with E-state index in [1.165, 1.54) is 13.8 Å². The second-order valence-electron chi connectivity index (χ2n) is 21.4. The first-order chi connectivity index (χ1) is 35.3. The molecule has 0 saturated carbocycles. The van der Waals surface area contributed by atoms with E-state index in [1.54, 1.807) is 0 Å². The number of nitrogens with zero attached hydrogens (tertiary/aromatic N) is 2. The number of hydrogen-bond acceptors (Lipinski definition) is 14. The standard InChI is InChI=1S/C58H106N2O14.2CH4.2ClH/c1-9-11-27-37-53(73-57(67)47-59(5,6)41-45-69-49(3)61)51(63)35-29-21-17-13-15-19-23-31-39-55(65)71-43-33-25-26-34-44-72-56(66)40-32-24-20-16-14-18-22-30-36-52(64)54(38-28-12-10-2)74-58(68)48-60(7,8)42-46-70-50(4)62;;;;/h21-22,29-30,51-54,63-64H,9-20,23-28,31-48H2,1-8H3;2*1H4;2*1H/q+2;;;;/p-2. The summed E-state index contributed by atoms with van der Waals surface area (Å²) in [7, 11) is 7.52. The fourth-order valence-electron chi connectivity index (χ4n) is 8.20. The van der Waals surface area contributed by atoms with Crippen LogP contribution in [0.15, 0.2) is 24.3 Å². The lowest BCUT2D eigenvalue weighted by atomic mass is 10.0. The van der Waals surface area contributed by atoms with Crippen LogP contribution in [0.1, 0.15) is 222 Å². The molecule has 0 spiro atoms. The van der Waals surface area contributed by atoms with Crippen LogP contribution >= 0.6 is 0 Å². The predicted molar refractivity (Wildman–Crippen MR) is 303 cm³/mol. The van der Waals surface area contributed by atoms with Gasteiger partial charge in [-0.05, 0) is 103 Å². The highest BCUT2D eigenvalue weighted by Crippen LogP contribution is 2.18. The summed E-state index contributed by atoms with van der Waals surface area (Å²) in [6.07, 6.45) is 29.2. The van der Waals surface area contributed by atoms with E-state index in [9.17, 15) is 39.0 Å². The summed E-state index contributed by atoms with van der Waals surface area (Å²) in [6.45, 7) is 9.43. The molecule has 0 amide bonds. The number of hydrogen-bond donors (Lipinski definition) is 2. The maximum Gasteiger partial charge on any atom is 0.362 e. The fourth-order valence-corrected chi connectivity index (χ4v) is 8.20. The first-order valence-electron chi connectivity index (χ1n) is 28.6. The van der Waals surface area contributed by atoms with Crippen molar-refractivity contribution in [3.05, 3.63) is 24.3 Å². The predicted octanol–water partition coefficient (Wildman–Crippen LogP) is 5.25. The number of aliphatic hydroxyl groups is 2. The van der Waals surface area contributed by atoms with Crippen molar-refractivity contribution < 1.29 is 101 Å². The number of halogens is 2. The van der Waals surface area contributed by atoms with Crippen LogP contribution < -0.4 is 24.8 Å². The van der Waals surface area contributed by atoms with E-state index in [4.69, 9.17) is 28.4 Å². The van der Waals surface area contributed by atoms with Gasteiger partial charge in [-0.3, -0.25) is 19.2 Å². The lowest BCUT2D eigenvalue weighted by Gasteiger charge is -2.30. The third kappa shape index (κ3) is 53.4. The largest absolute Gasteiger partial charge is 1.00 e. The Morgan fingerprint density at radius 3 is 1.10 bits per heavy atom. The van der Waals surface area contributed by atoms with Crippen LogP contribution in [0, 0.1) is 0 Å². The van der Waals surface area contributed by atoms with Crippen LogP contribution in [-0.2, 0) is 57.2 Å². The summed E-state index contributed by atoms with van der Waals surface area (Å²) in [5, 5.41) is 21.8. The maximum atomic E-state index is 12.8. The zero-order valence-electron chi connectivity index (χ0n) is 48.5. The molecule has 78 heavy (non-hydrogen) atoms. The van der Waals surface area contributed by atoms with Gasteiger partial charge in [-0.15, -0.1) is 0 Å². The maximum absolute atomic E-state index is 12.8. The van der Waals surface area contributed by atoms with Crippen LogP contribution in [0.25, 0.3) is 0 Å². The van der Waals surface area contributed by atoms with Crippen molar-refractivity contribution in [1.82, 2.24) is 0 Å². The molecule has 2 N–H and O–H groups in total. The lowest BCUT2D eigenvalue weighted by molar-refractivity contribution is -0.883. The molecule has 0 rings (SSSR count). The second kappa shape index (κ2) is 54.3. The SMILES string of the molecule is C.C.CCCCCC(OC(=O)C[N+](C)(C)CCOC(C)=O)C(O)CC=CCCCCCCCC(=O)OCCCCCCOC(=O)CCCCCCCC=CCC(O)C(CCCCC)OC(=O)C[N+](C)(C)CCOC(C)=O.[Cl-].[Cl-]. The molecule has 0 radical (unpaired) electrons. The number of aliphatic hydroxyl groups excluding tert-OH is 2. The second-order valence-corrected chi connectivity index (χ2v) is 21.4. The van der Waals surface area contributed by atoms with Gasteiger partial charge in [-0.2, -0.15) is 0 Å². The number of unbranched alkanes of at least 4 members (excludes halogenated alkanes) is 17. The number of carbonyl (C=O) groups is 6. The Bertz CT molecular complexity index is 1450. The van der Waals surface area contributed by atoms with Gasteiger partial charge in [0.05, 0.1) is 53.6 Å². The summed E-state index contributed by atoms with van der Waals surface area (Å²) in [5.41, 5.74) is 0. The first-order valence-corrected chi connectivity index (χ1v) is 28.6. The zero-order chi connectivity index (χ0) is 55.3. The van der Waals surface area contributed by atoms with Gasteiger partial charge in [0, 0.05) is 26.7 Å². The van der Waals surface area contributed by atoms with Crippen molar-refractivity contribution in [3.8, 4) is 0 Å². The zero-order valence-corrected chi connectivity index (χ0v) is 50.0. The topological polar surface area (TPSA) is 198 Å². The molecule has 4 atom stereocenters. The molecule has 0 saturated heterocycles. The number of carbonyl (C=O) groups excluding carboxylic acids is 6. The molecule has 0 aromatic heterocycles. The van der Waals surface area contributed by atoms with Gasteiger partial charge in [-0.25, -0.2) is 9.59 Å². The number of quaternary nitrogens is 2. The van der Waals surface area contributed by atoms with Gasteiger partial charge >= 0.3 is 35.8 Å². The molecule has 0 aromatic carbocycles. The number of ether oxygens (including phenoxy) is 6. The molecule has 0 bridgehead atoms. The van der Waals surface area contributed by atoms with Crippen LogP contribution in [0.3, 0.4) is 0 Å². The number of rotatable bonds is 49. The molecule has 0 fully saturated rings. The van der Waals surface area contributed by atoms with Crippen LogP contribution in [0.4, 0.5) is 0 Å². The number of allylic oxidation sites excluding steroid dienone is 2. The number of esters is 6. The van der Waals surface area contributed by atoms with Gasteiger partial charge in [0.25, 0.3) is 0 Å². The third-order valence-electron chi connectivity index (χ3n) is 12.9. The minimum Gasteiger partial charge on any atom is -1.00 e. The summed E-state index contributed by atoms with van der Waals surface area (Å²) in [4.78, 5) is 72.1. The van der Waals surface area contributed by atoms with Crippen LogP contribution in [0.5, 0.6) is 0 Å². The Hall–Kier alpha value is -3.28. The average Bonchev–Trinajstić information content (AvgIpc) is 3.32. The van der Waals surface area contributed by atoms with E-state index in [-0.39, 0.29) is 102 Å². The monoisotopic (exact) mass is 1160 g/mol. The molecule has 0 aliphatic rings. The minimum atomic E-state index is -0.774. The molecule has 18 heteroatoms. The molecule has 4 unspecified atom stereocenters. The first kappa shape index (κ1) is 83.5. The Kier molecular flexibility index (Phi) is 58.2. The summed E-state index contributed by atoms with van der Waals surface area (Å²) in [6, 6.07) is 0. The van der Waals surface area contributed by atoms with E-state index in [0.29, 0.717) is 73.8 Å². The molecule has 0 heterocycles. The van der Waals surface area contributed by atoms with Gasteiger partial charge in [0.1, 0.15) is 38.5 Å². The highest BCUT2D eigenvalue weighted by molar-refractivity contribution is 5.71. The Labute approximate surface area is 486 Å². The Balaban J connectivity index is -0.00000444. The number of likely N-dealkylation sites (N-methyl/N-ethyl adjacent to an activating group) is 2. The van der Waals surface area contributed by atoms with Gasteiger partial charge in [-0.1, -0.05) is 117 Å². The average molecular weight is 1160 g/mol. The smallest absolute Gasteiger partial charge is 0.362 e. The Morgan fingerprint density at radius 1 is 0.423 bits per heavy atom.